The number of hydrogen-bond acceptors (Lipinski definition) is 4. The Morgan fingerprint density at radius 2 is 1.72 bits per heavy atom. The van der Waals surface area contributed by atoms with Crippen LogP contribution < -0.4 is 11.4 Å². The molecule has 0 atom stereocenters. The van der Waals surface area contributed by atoms with Crippen molar-refractivity contribution in [2.24, 2.45) is 0 Å². The van der Waals surface area contributed by atoms with Crippen LogP contribution in [0.2, 0.25) is 0 Å². The third-order valence-corrected chi connectivity index (χ3v) is 3.55. The van der Waals surface area contributed by atoms with Gasteiger partial charge in [0.05, 0.1) is 6.54 Å². The maximum Gasteiger partial charge on any atom is 0.349 e. The number of carbonyl (C=O) groups is 1. The van der Waals surface area contributed by atoms with Crippen LogP contribution >= 0.6 is 0 Å². The molecule has 0 aliphatic rings. The van der Waals surface area contributed by atoms with Crippen LogP contribution in [0.1, 0.15) is 21.5 Å². The summed E-state index contributed by atoms with van der Waals surface area (Å²) in [6.07, 6.45) is 1.46. The molecule has 5 nitrogen and oxygen atoms in total. The van der Waals surface area contributed by atoms with Gasteiger partial charge in [0.2, 0.25) is 0 Å². The average Bonchev–Trinajstić information content (AvgIpc) is 2.63. The Morgan fingerprint density at radius 1 is 1.00 bits per heavy atom. The third-order valence-electron chi connectivity index (χ3n) is 3.55. The number of rotatable bonds is 3. The van der Waals surface area contributed by atoms with Gasteiger partial charge in [-0.05, 0) is 24.3 Å². The zero-order valence-corrected chi connectivity index (χ0v) is 13.3. The van der Waals surface area contributed by atoms with Crippen molar-refractivity contribution >= 4 is 11.6 Å². The van der Waals surface area contributed by atoms with Crippen molar-refractivity contribution < 1.29 is 4.79 Å². The highest BCUT2D eigenvalue weighted by Gasteiger charge is 2.11. The molecule has 0 saturated heterocycles. The molecule has 0 fully saturated rings. The summed E-state index contributed by atoms with van der Waals surface area (Å²) in [4.78, 5) is 28.0. The number of carbonyl (C=O) groups excluding carboxylic acids is 1. The largest absolute Gasteiger partial charge is 0.383 e. The van der Waals surface area contributed by atoms with E-state index in [0.717, 1.165) is 5.56 Å². The van der Waals surface area contributed by atoms with Crippen molar-refractivity contribution in [1.82, 2.24) is 9.55 Å². The second-order valence-electron chi connectivity index (χ2n) is 5.35. The number of nitrogens with zero attached hydrogens (tertiary/aromatic N) is 2. The maximum absolute atomic E-state index is 12.6. The number of anilines is 1. The predicted octanol–water partition coefficient (Wildman–Crippen LogP) is 2.11. The molecular weight excluding hydrogens is 314 g/mol. The molecule has 2 N–H and O–H groups in total. The fourth-order valence-electron chi connectivity index (χ4n) is 2.30. The van der Waals surface area contributed by atoms with E-state index in [4.69, 9.17) is 5.73 Å². The molecular formula is C20H15N3O2. The number of nitrogens with two attached hydrogens (primary N) is 1. The number of Topliss-reactive ketones (excluding diaryl/α,β-unsaturated/α-hetero) is 1. The minimum atomic E-state index is -0.554. The van der Waals surface area contributed by atoms with Crippen LogP contribution in [0.4, 0.5) is 5.82 Å². The summed E-state index contributed by atoms with van der Waals surface area (Å²) in [7, 11) is 0. The summed E-state index contributed by atoms with van der Waals surface area (Å²) >= 11 is 0. The summed E-state index contributed by atoms with van der Waals surface area (Å²) in [6.45, 7) is -0.115. The Labute approximate surface area is 144 Å². The van der Waals surface area contributed by atoms with Crippen LogP contribution in [0, 0.1) is 11.8 Å². The first kappa shape index (κ1) is 16.2. The van der Waals surface area contributed by atoms with Crippen molar-refractivity contribution in [3.8, 4) is 11.8 Å². The van der Waals surface area contributed by atoms with Gasteiger partial charge in [0.25, 0.3) is 0 Å². The highest BCUT2D eigenvalue weighted by molar-refractivity contribution is 5.98. The van der Waals surface area contributed by atoms with Gasteiger partial charge in [-0.25, -0.2) is 4.79 Å². The van der Waals surface area contributed by atoms with Crippen molar-refractivity contribution in [1.29, 1.82) is 0 Å². The zero-order chi connectivity index (χ0) is 17.6. The van der Waals surface area contributed by atoms with Gasteiger partial charge in [0.15, 0.2) is 5.78 Å². The maximum atomic E-state index is 12.6. The lowest BCUT2D eigenvalue weighted by atomic mass is 10.0. The van der Waals surface area contributed by atoms with Crippen LogP contribution in [0.3, 0.4) is 0 Å². The summed E-state index contributed by atoms with van der Waals surface area (Å²) in [5.41, 5.74) is 6.86. The molecule has 0 saturated carbocycles. The number of hydrogen-bond donors (Lipinski definition) is 1. The van der Waals surface area contributed by atoms with Crippen molar-refractivity contribution in [3.63, 3.8) is 0 Å². The molecule has 0 bridgehead atoms. The van der Waals surface area contributed by atoms with Crippen molar-refractivity contribution in [2.45, 2.75) is 6.54 Å². The minimum Gasteiger partial charge on any atom is -0.383 e. The molecule has 1 heterocycles. The number of ketones is 1. The normalized spacial score (nSPS) is 9.92. The molecule has 0 spiro atoms. The van der Waals surface area contributed by atoms with Crippen LogP contribution in [0.25, 0.3) is 0 Å². The van der Waals surface area contributed by atoms with E-state index in [1.807, 2.05) is 36.4 Å². The second kappa shape index (κ2) is 7.28. The van der Waals surface area contributed by atoms with Crippen LogP contribution in [0.5, 0.6) is 0 Å². The molecule has 3 rings (SSSR count). The number of aromatic nitrogens is 2. The van der Waals surface area contributed by atoms with E-state index in [2.05, 4.69) is 16.8 Å². The Hall–Kier alpha value is -3.65. The lowest BCUT2D eigenvalue weighted by molar-refractivity contribution is 0.0970. The lowest BCUT2D eigenvalue weighted by Gasteiger charge is -2.06. The van der Waals surface area contributed by atoms with Gasteiger partial charge in [-0.1, -0.05) is 48.2 Å². The van der Waals surface area contributed by atoms with Crippen molar-refractivity contribution in [2.75, 3.05) is 5.73 Å². The number of benzene rings is 2. The lowest BCUT2D eigenvalue weighted by Crippen LogP contribution is -2.26. The summed E-state index contributed by atoms with van der Waals surface area (Å²) in [5, 5.41) is 0. The molecule has 3 aromatic rings. The van der Waals surface area contributed by atoms with Gasteiger partial charge in [0, 0.05) is 22.9 Å². The molecule has 1 aromatic heterocycles. The molecule has 0 aliphatic carbocycles. The molecule has 0 amide bonds. The van der Waals surface area contributed by atoms with Gasteiger partial charge < -0.3 is 5.73 Å². The monoisotopic (exact) mass is 329 g/mol. The number of nitrogen functional groups attached to an aromatic ring is 1. The SMILES string of the molecule is Nc1ccn(CC(=O)c2ccccc2C#Cc2ccccc2)c(=O)n1. The third kappa shape index (κ3) is 4.01. The van der Waals surface area contributed by atoms with Gasteiger partial charge in [-0.15, -0.1) is 0 Å². The molecule has 0 radical (unpaired) electrons. The van der Waals surface area contributed by atoms with Crippen LogP contribution in [-0.2, 0) is 6.54 Å². The fourth-order valence-corrected chi connectivity index (χ4v) is 2.30. The summed E-state index contributed by atoms with van der Waals surface area (Å²) < 4.78 is 1.22. The predicted molar refractivity (Wildman–Crippen MR) is 96.1 cm³/mol. The topological polar surface area (TPSA) is 78.0 Å². The first-order chi connectivity index (χ1) is 12.1. The van der Waals surface area contributed by atoms with E-state index < -0.39 is 5.69 Å². The Balaban J connectivity index is 1.89. The smallest absolute Gasteiger partial charge is 0.349 e. The summed E-state index contributed by atoms with van der Waals surface area (Å²) in [6, 6.07) is 18.1. The first-order valence-electron chi connectivity index (χ1n) is 7.66. The molecule has 5 heteroatoms. The quantitative estimate of drug-likeness (QED) is 0.590. The Morgan fingerprint density at radius 3 is 2.48 bits per heavy atom. The van der Waals surface area contributed by atoms with E-state index in [1.165, 1.54) is 16.8 Å². The minimum absolute atomic E-state index is 0.115. The second-order valence-corrected chi connectivity index (χ2v) is 5.35. The fraction of sp³-hybridized carbons (Fsp3) is 0.0500. The Bertz CT molecular complexity index is 1030. The standard InChI is InChI=1S/C20H15N3O2/c21-19-12-13-23(20(25)22-19)14-18(24)17-9-5-4-8-16(17)11-10-15-6-2-1-3-7-15/h1-9,12-13H,14H2,(H2,21,22,25). The highest BCUT2D eigenvalue weighted by Crippen LogP contribution is 2.10. The highest BCUT2D eigenvalue weighted by atomic mass is 16.2. The zero-order valence-electron chi connectivity index (χ0n) is 13.3. The average molecular weight is 329 g/mol. The summed E-state index contributed by atoms with van der Waals surface area (Å²) in [5.74, 6) is 5.98. The Kier molecular flexibility index (Phi) is 4.72. The van der Waals surface area contributed by atoms with Gasteiger partial charge in [-0.3, -0.25) is 9.36 Å². The molecule has 0 unspecified atom stereocenters. The molecule has 0 aliphatic heterocycles. The molecule has 25 heavy (non-hydrogen) atoms. The van der Waals surface area contributed by atoms with Gasteiger partial charge in [0.1, 0.15) is 5.82 Å². The van der Waals surface area contributed by atoms with Gasteiger partial charge >= 0.3 is 5.69 Å². The van der Waals surface area contributed by atoms with Crippen LogP contribution in [-0.4, -0.2) is 15.3 Å². The van der Waals surface area contributed by atoms with Crippen LogP contribution in [0.15, 0.2) is 71.7 Å². The van der Waals surface area contributed by atoms with Gasteiger partial charge in [-0.2, -0.15) is 4.98 Å². The first-order valence-corrected chi connectivity index (χ1v) is 7.66. The molecule has 122 valence electrons. The van der Waals surface area contributed by atoms with E-state index >= 15 is 0 Å². The van der Waals surface area contributed by atoms with Crippen molar-refractivity contribution in [3.05, 3.63) is 94.0 Å². The van der Waals surface area contributed by atoms with E-state index in [1.54, 1.807) is 18.2 Å². The van der Waals surface area contributed by atoms with E-state index in [0.29, 0.717) is 11.1 Å². The molecule has 2 aromatic carbocycles. The van der Waals surface area contributed by atoms with E-state index in [9.17, 15) is 9.59 Å². The van der Waals surface area contributed by atoms with E-state index in [-0.39, 0.29) is 18.1 Å².